The molecule has 0 saturated heterocycles. The van der Waals surface area contributed by atoms with E-state index < -0.39 is 9.84 Å². The zero-order valence-corrected chi connectivity index (χ0v) is 15.1. The van der Waals surface area contributed by atoms with Gasteiger partial charge in [-0.25, -0.2) is 8.42 Å². The first-order valence-corrected chi connectivity index (χ1v) is 8.83. The molecule has 0 unspecified atom stereocenters. The molecular formula is C18H22O4S. The van der Waals surface area contributed by atoms with E-state index in [1.54, 1.807) is 47.6 Å². The molecule has 2 N–H and O–H groups in total. The second-order valence-electron chi connectivity index (χ2n) is 6.06. The van der Waals surface area contributed by atoms with Crippen molar-refractivity contribution in [1.82, 2.24) is 0 Å². The van der Waals surface area contributed by atoms with E-state index in [9.17, 15) is 18.6 Å². The van der Waals surface area contributed by atoms with Crippen molar-refractivity contribution < 1.29 is 18.6 Å². The second kappa shape index (κ2) is 5.57. The van der Waals surface area contributed by atoms with Gasteiger partial charge in [0.15, 0.2) is 0 Å². The number of phenolic OH excluding ortho intramolecular Hbond substituents is 2. The van der Waals surface area contributed by atoms with Crippen LogP contribution >= 0.6 is 0 Å². The third-order valence-electron chi connectivity index (χ3n) is 4.74. The highest BCUT2D eigenvalue weighted by Crippen LogP contribution is 2.37. The summed E-state index contributed by atoms with van der Waals surface area (Å²) in [5, 5.41) is 20.2. The van der Waals surface area contributed by atoms with E-state index in [4.69, 9.17) is 0 Å². The highest BCUT2D eigenvalue weighted by molar-refractivity contribution is 7.91. The molecule has 0 amide bonds. The van der Waals surface area contributed by atoms with Crippen molar-refractivity contribution in [3.8, 4) is 11.5 Å². The highest BCUT2D eigenvalue weighted by atomic mass is 32.2. The fraction of sp³-hybridized carbons (Fsp3) is 0.333. The van der Waals surface area contributed by atoms with E-state index in [1.807, 2.05) is 0 Å². The minimum Gasteiger partial charge on any atom is -0.508 e. The molecule has 0 aliphatic heterocycles. The second-order valence-corrected chi connectivity index (χ2v) is 7.95. The van der Waals surface area contributed by atoms with E-state index in [2.05, 4.69) is 0 Å². The fourth-order valence-corrected chi connectivity index (χ4v) is 4.56. The maximum absolute atomic E-state index is 13.1. The Morgan fingerprint density at radius 3 is 1.78 bits per heavy atom. The van der Waals surface area contributed by atoms with Gasteiger partial charge < -0.3 is 10.2 Å². The van der Waals surface area contributed by atoms with Crippen molar-refractivity contribution in [2.24, 2.45) is 0 Å². The van der Waals surface area contributed by atoms with Gasteiger partial charge in [-0.2, -0.15) is 0 Å². The third-order valence-corrected chi connectivity index (χ3v) is 6.75. The molecule has 2 rings (SSSR count). The largest absolute Gasteiger partial charge is 0.508 e. The van der Waals surface area contributed by atoms with Gasteiger partial charge in [0.25, 0.3) is 0 Å². The van der Waals surface area contributed by atoms with Crippen LogP contribution in [0.1, 0.15) is 33.4 Å². The van der Waals surface area contributed by atoms with Crippen LogP contribution in [0, 0.1) is 41.5 Å². The molecule has 0 aliphatic carbocycles. The van der Waals surface area contributed by atoms with Gasteiger partial charge in [-0.3, -0.25) is 0 Å². The molecular weight excluding hydrogens is 312 g/mol. The van der Waals surface area contributed by atoms with Crippen LogP contribution in [0.3, 0.4) is 0 Å². The van der Waals surface area contributed by atoms with Crippen LogP contribution in [0.4, 0.5) is 0 Å². The van der Waals surface area contributed by atoms with Gasteiger partial charge in [0.05, 0.1) is 9.79 Å². The summed E-state index contributed by atoms with van der Waals surface area (Å²) in [7, 11) is -3.84. The van der Waals surface area contributed by atoms with E-state index >= 15 is 0 Å². The lowest BCUT2D eigenvalue weighted by Crippen LogP contribution is -2.09. The number of hydrogen-bond acceptors (Lipinski definition) is 4. The number of sulfone groups is 1. The minimum absolute atomic E-state index is 0.00529. The van der Waals surface area contributed by atoms with E-state index in [0.717, 1.165) is 5.56 Å². The topological polar surface area (TPSA) is 74.6 Å². The maximum atomic E-state index is 13.1. The van der Waals surface area contributed by atoms with Crippen LogP contribution in [-0.2, 0) is 9.84 Å². The number of aryl methyl sites for hydroxylation is 1. The predicted octanol–water partition coefficient (Wildman–Crippen LogP) is 3.78. The molecule has 4 nitrogen and oxygen atoms in total. The van der Waals surface area contributed by atoms with Crippen LogP contribution in [0.25, 0.3) is 0 Å². The van der Waals surface area contributed by atoms with Crippen LogP contribution in [0.5, 0.6) is 11.5 Å². The van der Waals surface area contributed by atoms with Crippen LogP contribution in [0.2, 0.25) is 0 Å². The summed E-state index contributed by atoms with van der Waals surface area (Å²) in [4.78, 5) is 0.146. The molecule has 0 atom stereocenters. The molecule has 0 aromatic heterocycles. The summed E-state index contributed by atoms with van der Waals surface area (Å²) >= 11 is 0. The van der Waals surface area contributed by atoms with Crippen molar-refractivity contribution in [3.63, 3.8) is 0 Å². The van der Waals surface area contributed by atoms with Gasteiger partial charge in [0.2, 0.25) is 9.84 Å². The standard InChI is InChI=1S/C18H22O4S/c1-9-7-16(14(6)18(20)10(9)2)23(21,22)17-8-15(19)12(4)11(3)13(17)5/h7-8,19-20H,1-6H3. The highest BCUT2D eigenvalue weighted by Gasteiger charge is 2.26. The zero-order valence-electron chi connectivity index (χ0n) is 14.3. The number of hydrogen-bond donors (Lipinski definition) is 2. The summed E-state index contributed by atoms with van der Waals surface area (Å²) in [6, 6.07) is 2.87. The summed E-state index contributed by atoms with van der Waals surface area (Å²) in [5.74, 6) is -0.0494. The first kappa shape index (κ1) is 17.3. The van der Waals surface area contributed by atoms with Crippen LogP contribution < -0.4 is 0 Å². The van der Waals surface area contributed by atoms with Gasteiger partial charge in [0, 0.05) is 5.56 Å². The maximum Gasteiger partial charge on any atom is 0.207 e. The molecule has 0 bridgehead atoms. The predicted molar refractivity (Wildman–Crippen MR) is 90.1 cm³/mol. The number of phenols is 2. The average Bonchev–Trinajstić information content (AvgIpc) is 2.49. The van der Waals surface area contributed by atoms with Gasteiger partial charge >= 0.3 is 0 Å². The van der Waals surface area contributed by atoms with Crippen molar-refractivity contribution in [2.45, 2.75) is 51.3 Å². The quantitative estimate of drug-likeness (QED) is 0.876. The molecule has 2 aromatic rings. The van der Waals surface area contributed by atoms with Crippen molar-refractivity contribution in [2.75, 3.05) is 0 Å². The molecule has 23 heavy (non-hydrogen) atoms. The number of rotatable bonds is 2. The molecule has 0 radical (unpaired) electrons. The lowest BCUT2D eigenvalue weighted by Gasteiger charge is -2.17. The Hall–Kier alpha value is -2.01. The Kier molecular flexibility index (Phi) is 4.20. The molecule has 0 aliphatic rings. The summed E-state index contributed by atoms with van der Waals surface area (Å²) < 4.78 is 26.2. The minimum atomic E-state index is -3.84. The first-order chi connectivity index (χ1) is 10.5. The molecule has 124 valence electrons. The Labute approximate surface area is 137 Å². The Morgan fingerprint density at radius 1 is 0.696 bits per heavy atom. The lowest BCUT2D eigenvalue weighted by atomic mass is 10.0. The lowest BCUT2D eigenvalue weighted by molar-refractivity contribution is 0.463. The SMILES string of the molecule is Cc1cc(S(=O)(=O)c2cc(O)c(C)c(C)c2C)c(C)c(O)c1C. The van der Waals surface area contributed by atoms with Gasteiger partial charge in [-0.05, 0) is 81.5 Å². The smallest absolute Gasteiger partial charge is 0.207 e. The average molecular weight is 334 g/mol. The van der Waals surface area contributed by atoms with E-state index in [-0.39, 0.29) is 21.3 Å². The molecule has 0 saturated carbocycles. The van der Waals surface area contributed by atoms with Gasteiger partial charge in [-0.15, -0.1) is 0 Å². The third kappa shape index (κ3) is 2.59. The van der Waals surface area contributed by atoms with Crippen LogP contribution in [-0.4, -0.2) is 18.6 Å². The molecule has 0 spiro atoms. The fourth-order valence-electron chi connectivity index (χ4n) is 2.67. The van der Waals surface area contributed by atoms with Gasteiger partial charge in [-0.1, -0.05) is 0 Å². The first-order valence-electron chi connectivity index (χ1n) is 7.34. The van der Waals surface area contributed by atoms with Crippen LogP contribution in [0.15, 0.2) is 21.9 Å². The number of benzene rings is 2. The molecule has 2 aromatic carbocycles. The van der Waals surface area contributed by atoms with E-state index in [1.165, 1.54) is 6.07 Å². The monoisotopic (exact) mass is 334 g/mol. The molecule has 5 heteroatoms. The normalized spacial score (nSPS) is 11.7. The summed E-state index contributed by atoms with van der Waals surface area (Å²) in [6.07, 6.45) is 0. The Bertz CT molecular complexity index is 840. The van der Waals surface area contributed by atoms with Crippen molar-refractivity contribution in [1.29, 1.82) is 0 Å². The molecule has 0 fully saturated rings. The Morgan fingerprint density at radius 2 is 1.22 bits per heavy atom. The Balaban J connectivity index is 2.85. The van der Waals surface area contributed by atoms with Crippen molar-refractivity contribution >= 4 is 9.84 Å². The molecule has 0 heterocycles. The van der Waals surface area contributed by atoms with Gasteiger partial charge in [0.1, 0.15) is 11.5 Å². The number of aromatic hydroxyl groups is 2. The summed E-state index contributed by atoms with van der Waals surface area (Å²) in [5.41, 5.74) is 3.72. The zero-order chi connectivity index (χ0) is 17.7. The van der Waals surface area contributed by atoms with E-state index in [0.29, 0.717) is 27.8 Å². The van der Waals surface area contributed by atoms with Crippen molar-refractivity contribution in [3.05, 3.63) is 45.5 Å². The summed E-state index contributed by atoms with van der Waals surface area (Å²) in [6.45, 7) is 10.4.